The first-order chi connectivity index (χ1) is 14.7. The SMILES string of the molecule is OCCOc1ccccc1CN1CCCC(N2CCN(c3ccccc3F)CC2)C1. The minimum atomic E-state index is -0.128. The van der Waals surface area contributed by atoms with Crippen molar-refractivity contribution in [3.63, 3.8) is 0 Å². The Kier molecular flexibility index (Phi) is 7.20. The molecule has 0 spiro atoms. The van der Waals surface area contributed by atoms with E-state index in [-0.39, 0.29) is 12.4 Å². The molecular weight excluding hydrogens is 381 g/mol. The number of likely N-dealkylation sites (tertiary alicyclic amines) is 1. The lowest BCUT2D eigenvalue weighted by Crippen LogP contribution is -2.55. The summed E-state index contributed by atoms with van der Waals surface area (Å²) in [5, 5.41) is 9.06. The van der Waals surface area contributed by atoms with E-state index in [0.29, 0.717) is 12.6 Å². The molecule has 2 fully saturated rings. The second-order valence-electron chi connectivity index (χ2n) is 8.19. The van der Waals surface area contributed by atoms with Crippen molar-refractivity contribution >= 4 is 5.69 Å². The second-order valence-corrected chi connectivity index (χ2v) is 8.19. The largest absolute Gasteiger partial charge is 0.491 e. The van der Waals surface area contributed by atoms with Gasteiger partial charge in [-0.25, -0.2) is 4.39 Å². The Hall–Kier alpha value is -2.15. The van der Waals surface area contributed by atoms with Crippen LogP contribution >= 0.6 is 0 Å². The predicted molar refractivity (Wildman–Crippen MR) is 118 cm³/mol. The van der Waals surface area contributed by atoms with E-state index in [4.69, 9.17) is 9.84 Å². The topological polar surface area (TPSA) is 39.2 Å². The number of anilines is 1. The molecule has 2 aromatic carbocycles. The number of aliphatic hydroxyl groups is 1. The Morgan fingerprint density at radius 2 is 1.73 bits per heavy atom. The van der Waals surface area contributed by atoms with E-state index in [1.807, 2.05) is 30.3 Å². The molecule has 5 nitrogen and oxygen atoms in total. The lowest BCUT2D eigenvalue weighted by Gasteiger charge is -2.44. The summed E-state index contributed by atoms with van der Waals surface area (Å²) in [6, 6.07) is 15.7. The molecule has 6 heteroatoms. The molecule has 0 saturated carbocycles. The molecule has 1 atom stereocenters. The number of halogens is 1. The molecule has 0 bridgehead atoms. The van der Waals surface area contributed by atoms with Crippen molar-refractivity contribution in [3.8, 4) is 5.75 Å². The summed E-state index contributed by atoms with van der Waals surface area (Å²) in [7, 11) is 0. The predicted octanol–water partition coefficient (Wildman–Crippen LogP) is 2.98. The Morgan fingerprint density at radius 3 is 2.53 bits per heavy atom. The number of piperidine rings is 1. The summed E-state index contributed by atoms with van der Waals surface area (Å²) >= 11 is 0. The summed E-state index contributed by atoms with van der Waals surface area (Å²) in [5.41, 5.74) is 1.90. The van der Waals surface area contributed by atoms with Crippen LogP contribution in [0, 0.1) is 5.82 Å². The first kappa shape index (κ1) is 21.1. The Bertz CT molecular complexity index is 811. The summed E-state index contributed by atoms with van der Waals surface area (Å²) < 4.78 is 19.8. The zero-order chi connectivity index (χ0) is 20.8. The smallest absolute Gasteiger partial charge is 0.146 e. The molecular formula is C24H32FN3O2. The summed E-state index contributed by atoms with van der Waals surface area (Å²) in [4.78, 5) is 7.26. The Morgan fingerprint density at radius 1 is 0.967 bits per heavy atom. The van der Waals surface area contributed by atoms with Crippen molar-refractivity contribution in [1.82, 2.24) is 9.80 Å². The van der Waals surface area contributed by atoms with Crippen molar-refractivity contribution in [2.75, 3.05) is 57.4 Å². The van der Waals surface area contributed by atoms with Crippen LogP contribution in [0.25, 0.3) is 0 Å². The van der Waals surface area contributed by atoms with E-state index in [1.165, 1.54) is 18.4 Å². The van der Waals surface area contributed by atoms with Crippen LogP contribution in [0.15, 0.2) is 48.5 Å². The van der Waals surface area contributed by atoms with Gasteiger partial charge in [0.25, 0.3) is 0 Å². The van der Waals surface area contributed by atoms with Gasteiger partial charge in [-0.3, -0.25) is 9.80 Å². The fourth-order valence-corrected chi connectivity index (χ4v) is 4.68. The molecule has 1 unspecified atom stereocenters. The van der Waals surface area contributed by atoms with E-state index in [0.717, 1.165) is 57.3 Å². The van der Waals surface area contributed by atoms with Gasteiger partial charge < -0.3 is 14.7 Å². The summed E-state index contributed by atoms with van der Waals surface area (Å²) in [6.07, 6.45) is 2.41. The van der Waals surface area contributed by atoms with Gasteiger partial charge in [-0.2, -0.15) is 0 Å². The molecule has 0 radical (unpaired) electrons. The average Bonchev–Trinajstić information content (AvgIpc) is 2.79. The van der Waals surface area contributed by atoms with Crippen LogP contribution in [0.1, 0.15) is 18.4 Å². The highest BCUT2D eigenvalue weighted by atomic mass is 19.1. The molecule has 2 heterocycles. The van der Waals surface area contributed by atoms with Crippen LogP contribution < -0.4 is 9.64 Å². The van der Waals surface area contributed by atoms with Crippen molar-refractivity contribution < 1.29 is 14.2 Å². The third kappa shape index (κ3) is 5.12. The molecule has 0 aromatic heterocycles. The van der Waals surface area contributed by atoms with Crippen LogP contribution in [0.4, 0.5) is 10.1 Å². The molecule has 0 amide bonds. The minimum Gasteiger partial charge on any atom is -0.491 e. The molecule has 2 aromatic rings. The maximum absolute atomic E-state index is 14.1. The monoisotopic (exact) mass is 413 g/mol. The van der Waals surface area contributed by atoms with Gasteiger partial charge in [-0.05, 0) is 37.6 Å². The molecule has 2 aliphatic rings. The summed E-state index contributed by atoms with van der Waals surface area (Å²) in [6.45, 7) is 7.06. The van der Waals surface area contributed by atoms with Crippen LogP contribution in [0.3, 0.4) is 0 Å². The number of rotatable bonds is 7. The third-order valence-corrected chi connectivity index (χ3v) is 6.22. The van der Waals surface area contributed by atoms with E-state index in [2.05, 4.69) is 20.8 Å². The van der Waals surface area contributed by atoms with Gasteiger partial charge in [0.1, 0.15) is 18.2 Å². The van der Waals surface area contributed by atoms with Crippen LogP contribution in [-0.2, 0) is 6.54 Å². The zero-order valence-electron chi connectivity index (χ0n) is 17.5. The van der Waals surface area contributed by atoms with Gasteiger partial charge in [0, 0.05) is 50.9 Å². The summed E-state index contributed by atoms with van der Waals surface area (Å²) in [5.74, 6) is 0.740. The van der Waals surface area contributed by atoms with Crippen molar-refractivity contribution in [3.05, 3.63) is 59.9 Å². The number of ether oxygens (including phenoxy) is 1. The number of hydrogen-bond acceptors (Lipinski definition) is 5. The molecule has 4 rings (SSSR count). The van der Waals surface area contributed by atoms with Gasteiger partial charge >= 0.3 is 0 Å². The number of benzene rings is 2. The standard InChI is InChI=1S/C24H32FN3O2/c25-22-8-2-3-9-23(22)28-14-12-27(13-15-28)21-7-5-11-26(19-21)18-20-6-1-4-10-24(20)30-17-16-29/h1-4,6,8-10,21,29H,5,7,11-19H2. The first-order valence-electron chi connectivity index (χ1n) is 11.0. The highest BCUT2D eigenvalue weighted by molar-refractivity contribution is 5.48. The lowest BCUT2D eigenvalue weighted by atomic mass is 10.0. The van der Waals surface area contributed by atoms with Gasteiger partial charge in [0.2, 0.25) is 0 Å². The fourth-order valence-electron chi connectivity index (χ4n) is 4.68. The molecule has 2 saturated heterocycles. The maximum Gasteiger partial charge on any atom is 0.146 e. The number of piperazine rings is 1. The molecule has 162 valence electrons. The normalized spacial score (nSPS) is 21.0. The van der Waals surface area contributed by atoms with Crippen molar-refractivity contribution in [2.45, 2.75) is 25.4 Å². The van der Waals surface area contributed by atoms with E-state index in [9.17, 15) is 4.39 Å². The second kappa shape index (κ2) is 10.2. The highest BCUT2D eigenvalue weighted by Gasteiger charge is 2.29. The Labute approximate surface area is 178 Å². The highest BCUT2D eigenvalue weighted by Crippen LogP contribution is 2.25. The zero-order valence-corrected chi connectivity index (χ0v) is 17.5. The minimum absolute atomic E-state index is 0.0268. The van der Waals surface area contributed by atoms with Crippen LogP contribution in [0.5, 0.6) is 5.75 Å². The lowest BCUT2D eigenvalue weighted by molar-refractivity contribution is 0.0879. The molecule has 1 N–H and O–H groups in total. The average molecular weight is 414 g/mol. The van der Waals surface area contributed by atoms with Gasteiger partial charge in [0.15, 0.2) is 0 Å². The van der Waals surface area contributed by atoms with Crippen LogP contribution in [0.2, 0.25) is 0 Å². The van der Waals surface area contributed by atoms with Crippen molar-refractivity contribution in [2.24, 2.45) is 0 Å². The van der Waals surface area contributed by atoms with Gasteiger partial charge in [-0.15, -0.1) is 0 Å². The number of para-hydroxylation sites is 2. The first-order valence-corrected chi connectivity index (χ1v) is 11.0. The quantitative estimate of drug-likeness (QED) is 0.756. The van der Waals surface area contributed by atoms with Gasteiger partial charge in [0.05, 0.1) is 12.3 Å². The molecule has 0 aliphatic carbocycles. The number of aliphatic hydroxyl groups excluding tert-OH is 1. The fraction of sp³-hybridized carbons (Fsp3) is 0.500. The Balaban J connectivity index is 1.32. The number of hydrogen-bond donors (Lipinski definition) is 1. The van der Waals surface area contributed by atoms with Gasteiger partial charge in [-0.1, -0.05) is 30.3 Å². The number of nitrogens with zero attached hydrogens (tertiary/aromatic N) is 3. The van der Waals surface area contributed by atoms with E-state index >= 15 is 0 Å². The van der Waals surface area contributed by atoms with Crippen molar-refractivity contribution in [1.29, 1.82) is 0 Å². The molecule has 2 aliphatic heterocycles. The van der Waals surface area contributed by atoms with Crippen LogP contribution in [-0.4, -0.2) is 73.4 Å². The van der Waals surface area contributed by atoms with E-state index in [1.54, 1.807) is 12.1 Å². The van der Waals surface area contributed by atoms with E-state index < -0.39 is 0 Å². The molecule has 30 heavy (non-hydrogen) atoms. The third-order valence-electron chi connectivity index (χ3n) is 6.22. The maximum atomic E-state index is 14.1.